The first-order valence-electron chi connectivity index (χ1n) is 5.06. The quantitative estimate of drug-likeness (QED) is 0.534. The van der Waals surface area contributed by atoms with Crippen LogP contribution in [0, 0.1) is 5.92 Å². The van der Waals surface area contributed by atoms with Crippen molar-refractivity contribution in [1.29, 1.82) is 0 Å². The van der Waals surface area contributed by atoms with Crippen LogP contribution in [0.15, 0.2) is 12.2 Å². The lowest BCUT2D eigenvalue weighted by Gasteiger charge is -2.07. The molecule has 0 aliphatic rings. The van der Waals surface area contributed by atoms with E-state index in [1.807, 2.05) is 26.0 Å². The molecule has 4 nitrogen and oxygen atoms in total. The molecule has 0 saturated heterocycles. The minimum absolute atomic E-state index is 0.0375. The zero-order chi connectivity index (χ0) is 11.7. The molecule has 0 aromatic carbocycles. The number of nitrogens with one attached hydrogen (secondary N) is 1. The van der Waals surface area contributed by atoms with Gasteiger partial charge in [-0.15, -0.1) is 0 Å². The van der Waals surface area contributed by atoms with Crippen LogP contribution in [0.4, 0.5) is 0 Å². The number of ether oxygens (including phenoxy) is 1. The summed E-state index contributed by atoms with van der Waals surface area (Å²) in [6, 6.07) is 0. The predicted octanol–water partition coefficient (Wildman–Crippen LogP) is 1.27. The maximum Gasteiger partial charge on any atom is 0.307 e. The summed E-state index contributed by atoms with van der Waals surface area (Å²) in [7, 11) is 1.33. The van der Waals surface area contributed by atoms with Gasteiger partial charge in [0.05, 0.1) is 13.5 Å². The van der Waals surface area contributed by atoms with E-state index in [9.17, 15) is 9.59 Å². The number of carbonyl (C=O) groups excluding carboxylic acids is 2. The van der Waals surface area contributed by atoms with Gasteiger partial charge in [0, 0.05) is 13.0 Å². The van der Waals surface area contributed by atoms with Crippen LogP contribution in [0.2, 0.25) is 0 Å². The van der Waals surface area contributed by atoms with Gasteiger partial charge >= 0.3 is 5.97 Å². The molecule has 0 aliphatic heterocycles. The molecule has 0 saturated carbocycles. The lowest BCUT2D eigenvalue weighted by Crippen LogP contribution is -2.27. The number of carbonyl (C=O) groups is 2. The maximum atomic E-state index is 11.3. The smallest absolute Gasteiger partial charge is 0.307 e. The molecule has 0 aromatic rings. The van der Waals surface area contributed by atoms with Crippen molar-refractivity contribution in [3.63, 3.8) is 0 Å². The highest BCUT2D eigenvalue weighted by Gasteiger charge is 2.06. The van der Waals surface area contributed by atoms with Crippen molar-refractivity contribution in [3.8, 4) is 0 Å². The molecule has 1 unspecified atom stereocenters. The van der Waals surface area contributed by atoms with E-state index in [2.05, 4.69) is 10.1 Å². The van der Waals surface area contributed by atoms with Gasteiger partial charge in [-0.2, -0.15) is 0 Å². The summed E-state index contributed by atoms with van der Waals surface area (Å²) in [5.74, 6) is -0.116. The molecule has 0 fully saturated rings. The van der Waals surface area contributed by atoms with E-state index in [1.54, 1.807) is 0 Å². The molecule has 1 N–H and O–H groups in total. The van der Waals surface area contributed by atoms with Crippen LogP contribution in [0.1, 0.15) is 26.7 Å². The fourth-order valence-electron chi connectivity index (χ4n) is 1.17. The molecule has 0 radical (unpaired) electrons. The van der Waals surface area contributed by atoms with E-state index >= 15 is 0 Å². The van der Waals surface area contributed by atoms with Gasteiger partial charge in [-0.1, -0.05) is 19.1 Å². The average Bonchev–Trinajstić information content (AvgIpc) is 2.17. The normalized spacial score (nSPS) is 12.5. The third kappa shape index (κ3) is 7.73. The van der Waals surface area contributed by atoms with Crippen molar-refractivity contribution in [2.45, 2.75) is 26.7 Å². The second kappa shape index (κ2) is 8.03. The van der Waals surface area contributed by atoms with Crippen LogP contribution in [0.5, 0.6) is 0 Å². The van der Waals surface area contributed by atoms with Crippen LogP contribution in [-0.4, -0.2) is 25.5 Å². The van der Waals surface area contributed by atoms with Crippen LogP contribution in [0.25, 0.3) is 0 Å². The summed E-state index contributed by atoms with van der Waals surface area (Å²) < 4.78 is 4.45. The van der Waals surface area contributed by atoms with Gasteiger partial charge in [-0.25, -0.2) is 0 Å². The van der Waals surface area contributed by atoms with Crippen LogP contribution < -0.4 is 5.32 Å². The van der Waals surface area contributed by atoms with Gasteiger partial charge in [0.15, 0.2) is 0 Å². The molecule has 1 amide bonds. The Hall–Kier alpha value is -1.32. The number of esters is 1. The van der Waals surface area contributed by atoms with Gasteiger partial charge in [0.2, 0.25) is 5.91 Å². The number of methoxy groups -OCH3 is 1. The first kappa shape index (κ1) is 13.7. The molecular weight excluding hydrogens is 194 g/mol. The van der Waals surface area contributed by atoms with E-state index in [1.165, 1.54) is 7.11 Å². The Morgan fingerprint density at radius 1 is 1.47 bits per heavy atom. The Morgan fingerprint density at radius 2 is 2.13 bits per heavy atom. The lowest BCUT2D eigenvalue weighted by molar-refractivity contribution is -0.140. The van der Waals surface area contributed by atoms with E-state index in [-0.39, 0.29) is 24.2 Å². The summed E-state index contributed by atoms with van der Waals surface area (Å²) in [5, 5.41) is 2.66. The van der Waals surface area contributed by atoms with Crippen molar-refractivity contribution in [1.82, 2.24) is 5.32 Å². The van der Waals surface area contributed by atoms with Crippen molar-refractivity contribution in [3.05, 3.63) is 12.2 Å². The Bertz CT molecular complexity index is 236. The lowest BCUT2D eigenvalue weighted by atomic mass is 10.1. The molecule has 4 heteroatoms. The zero-order valence-corrected chi connectivity index (χ0v) is 9.58. The van der Waals surface area contributed by atoms with Gasteiger partial charge in [-0.3, -0.25) is 9.59 Å². The highest BCUT2D eigenvalue weighted by Crippen LogP contribution is 2.02. The fraction of sp³-hybridized carbons (Fsp3) is 0.636. The van der Waals surface area contributed by atoms with Crippen LogP contribution in [0.3, 0.4) is 0 Å². The van der Waals surface area contributed by atoms with E-state index in [0.717, 1.165) is 0 Å². The molecule has 0 spiro atoms. The van der Waals surface area contributed by atoms with Crippen LogP contribution >= 0.6 is 0 Å². The highest BCUT2D eigenvalue weighted by atomic mass is 16.5. The minimum atomic E-state index is -0.309. The molecule has 86 valence electrons. The number of allylic oxidation sites excluding steroid dienone is 2. The van der Waals surface area contributed by atoms with E-state index in [4.69, 9.17) is 0 Å². The summed E-state index contributed by atoms with van der Waals surface area (Å²) in [5.41, 5.74) is 0. The Kier molecular flexibility index (Phi) is 7.32. The summed E-state index contributed by atoms with van der Waals surface area (Å²) in [6.07, 6.45) is 4.57. The highest BCUT2D eigenvalue weighted by molar-refractivity contribution is 5.77. The van der Waals surface area contributed by atoms with Crippen molar-refractivity contribution >= 4 is 11.9 Å². The average molecular weight is 213 g/mol. The van der Waals surface area contributed by atoms with Gasteiger partial charge in [0.1, 0.15) is 0 Å². The summed E-state index contributed by atoms with van der Waals surface area (Å²) in [4.78, 5) is 22.0. The second-order valence-electron chi connectivity index (χ2n) is 3.38. The molecule has 0 rings (SSSR count). The molecule has 15 heavy (non-hydrogen) atoms. The molecule has 0 aliphatic carbocycles. The first-order chi connectivity index (χ1) is 7.10. The van der Waals surface area contributed by atoms with Crippen molar-refractivity contribution < 1.29 is 14.3 Å². The summed E-state index contributed by atoms with van der Waals surface area (Å²) >= 11 is 0. The fourth-order valence-corrected chi connectivity index (χ4v) is 1.17. The summed E-state index contributed by atoms with van der Waals surface area (Å²) in [6.45, 7) is 4.24. The van der Waals surface area contributed by atoms with Crippen LogP contribution in [-0.2, 0) is 14.3 Å². The Balaban J connectivity index is 3.62. The predicted molar refractivity (Wildman–Crippen MR) is 58.2 cm³/mol. The van der Waals surface area contributed by atoms with Gasteiger partial charge in [0.25, 0.3) is 0 Å². The first-order valence-corrected chi connectivity index (χ1v) is 5.06. The van der Waals surface area contributed by atoms with Crippen molar-refractivity contribution in [2.75, 3.05) is 13.7 Å². The third-order valence-corrected chi connectivity index (χ3v) is 1.91. The number of rotatable bonds is 6. The molecule has 1 atom stereocenters. The zero-order valence-electron chi connectivity index (χ0n) is 9.58. The largest absolute Gasteiger partial charge is 0.469 e. The molecule has 0 bridgehead atoms. The Morgan fingerprint density at radius 3 is 2.67 bits per heavy atom. The van der Waals surface area contributed by atoms with Gasteiger partial charge < -0.3 is 10.1 Å². The molecule has 0 aromatic heterocycles. The van der Waals surface area contributed by atoms with Crippen molar-refractivity contribution in [2.24, 2.45) is 5.92 Å². The monoisotopic (exact) mass is 213 g/mol. The van der Waals surface area contributed by atoms with E-state index < -0.39 is 0 Å². The topological polar surface area (TPSA) is 55.4 Å². The maximum absolute atomic E-state index is 11.3. The Labute approximate surface area is 90.7 Å². The number of hydrogen-bond donors (Lipinski definition) is 1. The second-order valence-corrected chi connectivity index (χ2v) is 3.38. The van der Waals surface area contributed by atoms with Gasteiger partial charge in [-0.05, 0) is 12.8 Å². The standard InChI is InChI=1S/C11H19NO3/c1-4-5-9(2)8-10(13)12-7-6-11(14)15-3/h4-5,9H,6-8H2,1-3H3,(H,12,13). The minimum Gasteiger partial charge on any atom is -0.469 e. The molecule has 0 heterocycles. The number of hydrogen-bond acceptors (Lipinski definition) is 3. The SMILES string of the molecule is CC=CC(C)CC(=O)NCCC(=O)OC. The third-order valence-electron chi connectivity index (χ3n) is 1.91. The number of amides is 1. The molecular formula is C11H19NO3. The van der Waals surface area contributed by atoms with E-state index in [0.29, 0.717) is 13.0 Å².